The summed E-state index contributed by atoms with van der Waals surface area (Å²) in [7, 11) is 0. The van der Waals surface area contributed by atoms with Crippen LogP contribution in [0.15, 0.2) is 21.9 Å². The van der Waals surface area contributed by atoms with Crippen molar-refractivity contribution in [1.29, 1.82) is 0 Å². The highest BCUT2D eigenvalue weighted by atomic mass is 127. The van der Waals surface area contributed by atoms with Gasteiger partial charge in [-0.3, -0.25) is 4.79 Å². The Labute approximate surface area is 140 Å². The summed E-state index contributed by atoms with van der Waals surface area (Å²) in [4.78, 5) is 11.6. The Hall–Kier alpha value is -1.44. The molecule has 1 aromatic carbocycles. The van der Waals surface area contributed by atoms with Crippen LogP contribution in [0, 0.1) is 7.14 Å². The summed E-state index contributed by atoms with van der Waals surface area (Å²) >= 11 is 4.12. The maximum absolute atomic E-state index is 11.6. The van der Waals surface area contributed by atoms with Crippen LogP contribution in [-0.4, -0.2) is 27.5 Å². The van der Waals surface area contributed by atoms with Gasteiger partial charge in [-0.05, 0) is 67.6 Å². The first-order valence-electron chi connectivity index (χ1n) is 5.08. The Balaban J connectivity index is 2.11. The summed E-state index contributed by atoms with van der Waals surface area (Å²) in [5.41, 5.74) is 7.91. The van der Waals surface area contributed by atoms with Crippen molar-refractivity contribution in [3.8, 4) is 5.75 Å². The van der Waals surface area contributed by atoms with E-state index in [-0.39, 0.29) is 17.3 Å². The molecule has 1 amide bonds. The SMILES string of the molecule is Nc1nonc1C(=O)N/N=C/c1cc(I)cc(I)c1O. The normalized spacial score (nSPS) is 10.9. The van der Waals surface area contributed by atoms with Crippen LogP contribution in [-0.2, 0) is 0 Å². The number of rotatable bonds is 3. The van der Waals surface area contributed by atoms with E-state index in [1.54, 1.807) is 6.07 Å². The lowest BCUT2D eigenvalue weighted by Crippen LogP contribution is -2.19. The minimum Gasteiger partial charge on any atom is -0.506 e. The third-order valence-electron chi connectivity index (χ3n) is 2.16. The van der Waals surface area contributed by atoms with E-state index < -0.39 is 5.91 Å². The molecule has 0 aliphatic rings. The Morgan fingerprint density at radius 3 is 2.85 bits per heavy atom. The maximum atomic E-state index is 11.6. The molecule has 0 atom stereocenters. The maximum Gasteiger partial charge on any atom is 0.297 e. The highest BCUT2D eigenvalue weighted by molar-refractivity contribution is 14.1. The van der Waals surface area contributed by atoms with Gasteiger partial charge in [0.15, 0.2) is 0 Å². The quantitative estimate of drug-likeness (QED) is 0.333. The number of amides is 1. The lowest BCUT2D eigenvalue weighted by Gasteiger charge is -2.02. The zero-order valence-corrected chi connectivity index (χ0v) is 14.0. The number of halogens is 2. The summed E-state index contributed by atoms with van der Waals surface area (Å²) in [6, 6.07) is 3.54. The lowest BCUT2D eigenvalue weighted by molar-refractivity contribution is 0.0946. The summed E-state index contributed by atoms with van der Waals surface area (Å²) < 4.78 is 5.92. The smallest absolute Gasteiger partial charge is 0.297 e. The van der Waals surface area contributed by atoms with Gasteiger partial charge in [-0.1, -0.05) is 0 Å². The number of phenols is 1. The first kappa shape index (κ1) is 15.0. The predicted molar refractivity (Wildman–Crippen MR) is 87.3 cm³/mol. The number of aromatic nitrogens is 2. The third-order valence-corrected chi connectivity index (χ3v) is 3.60. The standard InChI is InChI=1S/C10H7I2N5O3/c11-5-1-4(8(18)6(12)2-5)3-14-15-10(19)7-9(13)17-20-16-7/h1-3,18H,(H2,13,17)(H,15,19)/b14-3+. The van der Waals surface area contributed by atoms with E-state index in [0.717, 1.165) is 3.57 Å². The van der Waals surface area contributed by atoms with E-state index in [1.165, 1.54) is 6.21 Å². The van der Waals surface area contributed by atoms with Gasteiger partial charge in [0.1, 0.15) is 5.75 Å². The first-order chi connectivity index (χ1) is 9.49. The first-order valence-corrected chi connectivity index (χ1v) is 7.24. The van der Waals surface area contributed by atoms with Gasteiger partial charge >= 0.3 is 0 Å². The molecule has 1 aromatic heterocycles. The number of hydrogen-bond acceptors (Lipinski definition) is 7. The van der Waals surface area contributed by atoms with Crippen LogP contribution in [0.3, 0.4) is 0 Å². The number of anilines is 1. The minimum absolute atomic E-state index is 0.0895. The van der Waals surface area contributed by atoms with E-state index >= 15 is 0 Å². The number of aromatic hydroxyl groups is 1. The number of carbonyl (C=O) groups is 1. The van der Waals surface area contributed by atoms with Crippen LogP contribution in [0.1, 0.15) is 16.1 Å². The number of carbonyl (C=O) groups excluding carboxylic acids is 1. The summed E-state index contributed by atoms with van der Waals surface area (Å²) in [6.45, 7) is 0. The van der Waals surface area contributed by atoms with Crippen LogP contribution >= 0.6 is 45.2 Å². The van der Waals surface area contributed by atoms with Crippen molar-refractivity contribution in [3.05, 3.63) is 30.5 Å². The second kappa shape index (κ2) is 6.34. The van der Waals surface area contributed by atoms with Crippen molar-refractivity contribution >= 4 is 63.1 Å². The van der Waals surface area contributed by atoms with E-state index in [0.29, 0.717) is 9.13 Å². The molecule has 10 heteroatoms. The van der Waals surface area contributed by atoms with Gasteiger partial charge in [0, 0.05) is 9.13 Å². The molecule has 2 aromatic rings. The molecule has 4 N–H and O–H groups in total. The molecule has 0 saturated heterocycles. The molecular weight excluding hydrogens is 492 g/mol. The number of phenolic OH excluding ortho intramolecular Hbond substituents is 1. The highest BCUT2D eigenvalue weighted by Gasteiger charge is 2.15. The van der Waals surface area contributed by atoms with Crippen LogP contribution in [0.4, 0.5) is 5.82 Å². The number of hydrazone groups is 1. The van der Waals surface area contributed by atoms with Gasteiger partial charge in [0.25, 0.3) is 5.91 Å². The van der Waals surface area contributed by atoms with Gasteiger partial charge in [-0.15, -0.1) is 0 Å². The molecule has 20 heavy (non-hydrogen) atoms. The molecule has 0 saturated carbocycles. The topological polar surface area (TPSA) is 127 Å². The van der Waals surface area contributed by atoms with Gasteiger partial charge in [-0.25, -0.2) is 10.1 Å². The molecule has 0 aliphatic heterocycles. The molecule has 0 spiro atoms. The van der Waals surface area contributed by atoms with Crippen molar-refractivity contribution in [2.45, 2.75) is 0 Å². The van der Waals surface area contributed by atoms with Crippen molar-refractivity contribution in [1.82, 2.24) is 15.7 Å². The van der Waals surface area contributed by atoms with Crippen molar-refractivity contribution in [2.24, 2.45) is 5.10 Å². The van der Waals surface area contributed by atoms with Crippen LogP contribution in [0.5, 0.6) is 5.75 Å². The molecule has 2 rings (SSSR count). The summed E-state index contributed by atoms with van der Waals surface area (Å²) in [5.74, 6) is -0.684. The Kier molecular flexibility index (Phi) is 4.74. The average Bonchev–Trinajstić information content (AvgIpc) is 2.81. The zero-order valence-electron chi connectivity index (χ0n) is 9.67. The number of nitrogen functional groups attached to an aromatic ring is 1. The van der Waals surface area contributed by atoms with Crippen LogP contribution in [0.25, 0.3) is 0 Å². The van der Waals surface area contributed by atoms with E-state index in [2.05, 4.69) is 48.1 Å². The number of nitrogens with one attached hydrogen (secondary N) is 1. The summed E-state index contributed by atoms with van der Waals surface area (Å²) in [6.07, 6.45) is 1.32. The molecule has 1 heterocycles. The number of nitrogens with zero attached hydrogens (tertiary/aromatic N) is 3. The van der Waals surface area contributed by atoms with Crippen LogP contribution in [0.2, 0.25) is 0 Å². The predicted octanol–water partition coefficient (Wildman–Crippen LogP) is 1.33. The van der Waals surface area contributed by atoms with Gasteiger partial charge in [0.2, 0.25) is 11.5 Å². The molecule has 0 unspecified atom stereocenters. The largest absolute Gasteiger partial charge is 0.506 e. The lowest BCUT2D eigenvalue weighted by atomic mass is 10.2. The van der Waals surface area contributed by atoms with Gasteiger partial charge < -0.3 is 10.8 Å². The molecule has 0 radical (unpaired) electrons. The molecular formula is C10H7I2N5O3. The molecule has 8 nitrogen and oxygen atoms in total. The molecule has 0 bridgehead atoms. The van der Waals surface area contributed by atoms with Gasteiger partial charge in [0.05, 0.1) is 9.78 Å². The zero-order chi connectivity index (χ0) is 14.7. The minimum atomic E-state index is -0.653. The second-order valence-corrected chi connectivity index (χ2v) is 5.93. The highest BCUT2D eigenvalue weighted by Crippen LogP contribution is 2.25. The van der Waals surface area contributed by atoms with Gasteiger partial charge in [-0.2, -0.15) is 5.10 Å². The van der Waals surface area contributed by atoms with Crippen molar-refractivity contribution in [2.75, 3.05) is 5.73 Å². The average molecular weight is 499 g/mol. The van der Waals surface area contributed by atoms with Crippen molar-refractivity contribution in [3.63, 3.8) is 0 Å². The van der Waals surface area contributed by atoms with E-state index in [4.69, 9.17) is 5.73 Å². The van der Waals surface area contributed by atoms with Crippen molar-refractivity contribution < 1.29 is 14.5 Å². The Bertz CT molecular complexity index is 686. The third kappa shape index (κ3) is 3.36. The van der Waals surface area contributed by atoms with Crippen LogP contribution < -0.4 is 11.2 Å². The number of hydrogen-bond donors (Lipinski definition) is 3. The fourth-order valence-corrected chi connectivity index (χ4v) is 3.14. The molecule has 0 aliphatic carbocycles. The molecule has 0 fully saturated rings. The van der Waals surface area contributed by atoms with E-state index in [1.807, 2.05) is 28.7 Å². The fourth-order valence-electron chi connectivity index (χ4n) is 1.25. The monoisotopic (exact) mass is 499 g/mol. The Morgan fingerprint density at radius 1 is 1.45 bits per heavy atom. The molecule has 104 valence electrons. The summed E-state index contributed by atoms with van der Waals surface area (Å²) in [5, 5.41) is 20.2. The fraction of sp³-hybridized carbons (Fsp3) is 0. The number of benzene rings is 1. The number of nitrogens with two attached hydrogens (primary N) is 1. The van der Waals surface area contributed by atoms with E-state index in [9.17, 15) is 9.90 Å². The second-order valence-electron chi connectivity index (χ2n) is 3.52. The Morgan fingerprint density at radius 2 is 2.20 bits per heavy atom.